The van der Waals surface area contributed by atoms with Crippen LogP contribution in [0.5, 0.6) is 5.75 Å². The zero-order valence-corrected chi connectivity index (χ0v) is 22.4. The Morgan fingerprint density at radius 2 is 1.46 bits per heavy atom. The van der Waals surface area contributed by atoms with Gasteiger partial charge < -0.3 is 9.47 Å². The number of fused-ring (bicyclic) bond motifs is 2. The van der Waals surface area contributed by atoms with E-state index in [4.69, 9.17) is 9.47 Å². The van der Waals surface area contributed by atoms with E-state index in [1.54, 1.807) is 30.3 Å². The van der Waals surface area contributed by atoms with Gasteiger partial charge in [-0.15, -0.1) is 11.8 Å². The summed E-state index contributed by atoms with van der Waals surface area (Å²) in [7, 11) is -4.18. The average Bonchev–Trinajstić information content (AvgIpc) is 3.52. The van der Waals surface area contributed by atoms with Crippen LogP contribution in [0.1, 0.15) is 53.4 Å². The van der Waals surface area contributed by atoms with Crippen LogP contribution in [0.25, 0.3) is 0 Å². The first-order valence-electron chi connectivity index (χ1n) is 13.2. The molecule has 198 valence electrons. The van der Waals surface area contributed by atoms with Crippen LogP contribution < -0.4 is 9.46 Å². The van der Waals surface area contributed by atoms with Crippen molar-refractivity contribution in [3.8, 4) is 5.75 Å². The number of sulfonamides is 1. The van der Waals surface area contributed by atoms with Crippen LogP contribution in [0, 0.1) is 5.92 Å². The molecule has 3 aliphatic carbocycles. The number of hydrogen-bond donors (Lipinski definition) is 1. The molecule has 3 aliphatic heterocycles. The first kappa shape index (κ1) is 23.7. The Balaban J connectivity index is 1.13. The highest BCUT2D eigenvalue weighted by atomic mass is 32.2. The number of benzene rings is 3. The van der Waals surface area contributed by atoms with E-state index in [0.29, 0.717) is 12.8 Å². The SMILES string of the molecule is O=C(OC12CC3CC(C(=O)Oc4ccccc4)(C1S3)S(=O)(=O)N2)C1CC2c3ccccc3C1c1ccccc12. The number of carbonyl (C=O) groups is 2. The molecule has 5 unspecified atom stereocenters. The van der Waals surface area contributed by atoms with E-state index in [-0.39, 0.29) is 29.3 Å². The molecule has 39 heavy (non-hydrogen) atoms. The summed E-state index contributed by atoms with van der Waals surface area (Å²) in [5.74, 6) is -1.50. The third kappa shape index (κ3) is 3.06. The molecule has 0 saturated carbocycles. The number of esters is 2. The number of rotatable bonds is 4. The zero-order chi connectivity index (χ0) is 26.6. The number of thioether (sulfide) groups is 1. The van der Waals surface area contributed by atoms with Gasteiger partial charge >= 0.3 is 11.9 Å². The Hall–Kier alpha value is -3.14. The molecule has 4 bridgehead atoms. The summed E-state index contributed by atoms with van der Waals surface area (Å²) >= 11 is 1.41. The number of nitrogens with one attached hydrogen (secondary N) is 1. The standard InChI is InChI=1S/C30H25NO6S2/c32-26(24-14-23-19-10-4-6-12-21(19)25(24)22-13-7-5-11-20(22)23)37-30-16-18-15-29(27(30)38-18,39(34,35)31-30)28(33)36-17-8-2-1-3-9-17/h1-13,18,23-25,27,31H,14-16H2. The largest absolute Gasteiger partial charge is 0.441 e. The van der Waals surface area contributed by atoms with E-state index in [9.17, 15) is 18.0 Å². The first-order chi connectivity index (χ1) is 18.8. The molecule has 0 radical (unpaired) electrons. The molecule has 9 rings (SSSR count). The second kappa shape index (κ2) is 7.96. The Morgan fingerprint density at radius 3 is 2.10 bits per heavy atom. The first-order valence-corrected chi connectivity index (χ1v) is 15.6. The number of carbonyl (C=O) groups excluding carboxylic acids is 2. The molecule has 6 aliphatic rings. The van der Waals surface area contributed by atoms with E-state index in [1.807, 2.05) is 24.3 Å². The second-order valence-electron chi connectivity index (χ2n) is 11.2. The molecule has 3 aromatic carbocycles. The van der Waals surface area contributed by atoms with Gasteiger partial charge in [0, 0.05) is 23.5 Å². The van der Waals surface area contributed by atoms with Gasteiger partial charge in [0.1, 0.15) is 5.75 Å². The van der Waals surface area contributed by atoms with Crippen LogP contribution in [-0.2, 0) is 24.3 Å². The molecule has 0 amide bonds. The Labute approximate surface area is 230 Å². The van der Waals surface area contributed by atoms with Crippen molar-refractivity contribution in [1.29, 1.82) is 0 Å². The van der Waals surface area contributed by atoms with Gasteiger partial charge in [0.15, 0.2) is 5.72 Å². The van der Waals surface area contributed by atoms with Crippen LogP contribution in [-0.4, -0.2) is 41.3 Å². The third-order valence-corrected chi connectivity index (χ3v) is 13.3. The Morgan fingerprint density at radius 1 is 0.846 bits per heavy atom. The van der Waals surface area contributed by atoms with E-state index in [2.05, 4.69) is 29.0 Å². The lowest BCUT2D eigenvalue weighted by Crippen LogP contribution is -2.57. The van der Waals surface area contributed by atoms with Crippen LogP contribution in [0.4, 0.5) is 0 Å². The van der Waals surface area contributed by atoms with Gasteiger partial charge in [-0.1, -0.05) is 66.7 Å². The van der Waals surface area contributed by atoms with Crippen molar-refractivity contribution < 1.29 is 27.5 Å². The van der Waals surface area contributed by atoms with Crippen LogP contribution in [0.15, 0.2) is 78.9 Å². The molecule has 9 heteroatoms. The summed E-state index contributed by atoms with van der Waals surface area (Å²) in [4.78, 5) is 27.5. The number of hydrogen-bond acceptors (Lipinski definition) is 7. The van der Waals surface area contributed by atoms with Crippen molar-refractivity contribution in [2.24, 2.45) is 5.92 Å². The minimum atomic E-state index is -4.18. The fourth-order valence-electron chi connectivity index (χ4n) is 7.73. The average molecular weight is 560 g/mol. The molecule has 3 heterocycles. The maximum Gasteiger partial charge on any atom is 0.335 e. The highest BCUT2D eigenvalue weighted by Crippen LogP contribution is 2.64. The van der Waals surface area contributed by atoms with Gasteiger partial charge in [0.05, 0.1) is 11.2 Å². The fourth-order valence-corrected chi connectivity index (χ4v) is 12.4. The lowest BCUT2D eigenvalue weighted by Gasteiger charge is -2.45. The van der Waals surface area contributed by atoms with Gasteiger partial charge in [-0.2, -0.15) is 4.72 Å². The predicted molar refractivity (Wildman–Crippen MR) is 145 cm³/mol. The molecule has 0 spiro atoms. The minimum Gasteiger partial charge on any atom is -0.441 e. The predicted octanol–water partition coefficient (Wildman–Crippen LogP) is 4.08. The molecule has 1 N–H and O–H groups in total. The molecule has 3 saturated heterocycles. The van der Waals surface area contributed by atoms with Gasteiger partial charge in [-0.3, -0.25) is 4.79 Å². The van der Waals surface area contributed by atoms with Crippen molar-refractivity contribution >= 4 is 33.7 Å². The highest BCUT2D eigenvalue weighted by Gasteiger charge is 2.81. The second-order valence-corrected chi connectivity index (χ2v) is 14.5. The lowest BCUT2D eigenvalue weighted by atomic mass is 9.59. The maximum absolute atomic E-state index is 14.0. The number of para-hydroxylation sites is 1. The molecular formula is C30H25NO6S2. The van der Waals surface area contributed by atoms with Crippen molar-refractivity contribution in [2.45, 2.75) is 52.1 Å². The normalized spacial score (nSPS) is 35.7. The van der Waals surface area contributed by atoms with E-state index in [0.717, 1.165) is 11.1 Å². The van der Waals surface area contributed by atoms with Crippen LogP contribution in [0.2, 0.25) is 0 Å². The van der Waals surface area contributed by atoms with Crippen LogP contribution >= 0.6 is 11.8 Å². The van der Waals surface area contributed by atoms with Gasteiger partial charge in [-0.05, 0) is 47.2 Å². The number of ether oxygens (including phenoxy) is 2. The molecular weight excluding hydrogens is 534 g/mol. The van der Waals surface area contributed by atoms with Crippen molar-refractivity contribution in [3.05, 3.63) is 101 Å². The summed E-state index contributed by atoms with van der Waals surface area (Å²) in [5, 5.41) is -0.916. The minimum absolute atomic E-state index is 0.0760. The zero-order valence-electron chi connectivity index (χ0n) is 20.8. The maximum atomic E-state index is 14.0. The highest BCUT2D eigenvalue weighted by molar-refractivity contribution is 8.04. The Kier molecular flexibility index (Phi) is 4.84. The van der Waals surface area contributed by atoms with E-state index >= 15 is 0 Å². The van der Waals surface area contributed by atoms with E-state index in [1.165, 1.54) is 22.9 Å². The van der Waals surface area contributed by atoms with Crippen LogP contribution in [0.3, 0.4) is 0 Å². The van der Waals surface area contributed by atoms with Gasteiger partial charge in [-0.25, -0.2) is 13.2 Å². The van der Waals surface area contributed by atoms with Gasteiger partial charge in [0.25, 0.3) is 0 Å². The molecule has 7 nitrogen and oxygen atoms in total. The van der Waals surface area contributed by atoms with Crippen molar-refractivity contribution in [3.63, 3.8) is 0 Å². The van der Waals surface area contributed by atoms with Crippen molar-refractivity contribution in [1.82, 2.24) is 4.72 Å². The molecule has 3 aromatic rings. The van der Waals surface area contributed by atoms with E-state index < -0.39 is 43.6 Å². The lowest BCUT2D eigenvalue weighted by molar-refractivity contribution is -0.170. The third-order valence-electron chi connectivity index (χ3n) is 9.21. The molecule has 3 fully saturated rings. The summed E-state index contributed by atoms with van der Waals surface area (Å²) in [6.45, 7) is 0. The molecule has 0 aromatic heterocycles. The monoisotopic (exact) mass is 559 g/mol. The fraction of sp³-hybridized carbons (Fsp3) is 0.333. The smallest absolute Gasteiger partial charge is 0.335 e. The summed E-state index contributed by atoms with van der Waals surface area (Å²) in [5.41, 5.74) is 3.27. The quantitative estimate of drug-likeness (QED) is 0.380. The van der Waals surface area contributed by atoms with Gasteiger partial charge in [0.2, 0.25) is 14.8 Å². The summed E-state index contributed by atoms with van der Waals surface area (Å²) in [6, 6.07) is 24.9. The Bertz CT molecular complexity index is 1610. The summed E-state index contributed by atoms with van der Waals surface area (Å²) in [6.07, 6.45) is 1.07. The molecule has 5 atom stereocenters. The van der Waals surface area contributed by atoms with Crippen molar-refractivity contribution in [2.75, 3.05) is 0 Å². The summed E-state index contributed by atoms with van der Waals surface area (Å²) < 4.78 is 40.0. The topological polar surface area (TPSA) is 98.8 Å².